The van der Waals surface area contributed by atoms with Gasteiger partial charge in [-0.15, -0.1) is 0 Å². The maximum absolute atomic E-state index is 13.7. The second-order valence-electron chi connectivity index (χ2n) is 5.69. The molecular weight excluding hydrogens is 353 g/mol. The van der Waals surface area contributed by atoms with E-state index >= 15 is 0 Å². The molecule has 0 aliphatic carbocycles. The van der Waals surface area contributed by atoms with Gasteiger partial charge in [-0.2, -0.15) is 0 Å². The Balaban J connectivity index is 1.73. The minimum Gasteiger partial charge on any atom is -0.493 e. The minimum absolute atomic E-state index is 0.0982. The van der Waals surface area contributed by atoms with Crippen molar-refractivity contribution in [1.82, 2.24) is 0 Å². The van der Waals surface area contributed by atoms with Gasteiger partial charge in [0, 0.05) is 28.9 Å². The Kier molecular flexibility index (Phi) is 5.97. The van der Waals surface area contributed by atoms with Crippen LogP contribution < -0.4 is 14.8 Å². The summed E-state index contributed by atoms with van der Waals surface area (Å²) < 4.78 is 24.9. The van der Waals surface area contributed by atoms with Crippen molar-refractivity contribution in [2.45, 2.75) is 13.2 Å². The zero-order chi connectivity index (χ0) is 18.4. The van der Waals surface area contributed by atoms with E-state index in [1.54, 1.807) is 31.4 Å². The molecule has 0 radical (unpaired) electrons. The van der Waals surface area contributed by atoms with Crippen LogP contribution in [0.3, 0.4) is 0 Å². The van der Waals surface area contributed by atoms with Crippen LogP contribution in [0.15, 0.2) is 66.7 Å². The van der Waals surface area contributed by atoms with Crippen molar-refractivity contribution >= 4 is 17.3 Å². The van der Waals surface area contributed by atoms with E-state index < -0.39 is 0 Å². The summed E-state index contributed by atoms with van der Waals surface area (Å²) in [6.07, 6.45) is 0. The molecule has 3 aromatic carbocycles. The Hall–Kier alpha value is -2.72. The molecular formula is C21H19ClFNO2. The Morgan fingerprint density at radius 3 is 2.38 bits per heavy atom. The topological polar surface area (TPSA) is 30.5 Å². The van der Waals surface area contributed by atoms with Crippen molar-refractivity contribution in [1.29, 1.82) is 0 Å². The van der Waals surface area contributed by atoms with Crippen LogP contribution in [0.25, 0.3) is 0 Å². The summed E-state index contributed by atoms with van der Waals surface area (Å²) in [5, 5.41) is 3.86. The fourth-order valence-corrected chi connectivity index (χ4v) is 2.73. The molecule has 0 saturated carbocycles. The molecule has 3 nitrogen and oxygen atoms in total. The van der Waals surface area contributed by atoms with Gasteiger partial charge in [0.15, 0.2) is 11.5 Å². The molecule has 0 saturated heterocycles. The molecule has 0 amide bonds. The van der Waals surface area contributed by atoms with Gasteiger partial charge in [-0.05, 0) is 29.8 Å². The lowest BCUT2D eigenvalue weighted by atomic mass is 10.2. The molecule has 0 unspecified atom stereocenters. The number of hydrogen-bond donors (Lipinski definition) is 1. The van der Waals surface area contributed by atoms with Crippen molar-refractivity contribution in [2.24, 2.45) is 0 Å². The Morgan fingerprint density at radius 1 is 0.923 bits per heavy atom. The predicted molar refractivity (Wildman–Crippen MR) is 103 cm³/mol. The number of anilines is 1. The van der Waals surface area contributed by atoms with Crippen LogP contribution >= 0.6 is 11.6 Å². The van der Waals surface area contributed by atoms with Crippen molar-refractivity contribution in [3.8, 4) is 11.5 Å². The van der Waals surface area contributed by atoms with E-state index in [-0.39, 0.29) is 12.4 Å². The van der Waals surface area contributed by atoms with Gasteiger partial charge in [-0.1, -0.05) is 48.0 Å². The number of ether oxygens (including phenoxy) is 2. The van der Waals surface area contributed by atoms with Gasteiger partial charge in [-0.3, -0.25) is 0 Å². The highest BCUT2D eigenvalue weighted by molar-refractivity contribution is 6.31. The van der Waals surface area contributed by atoms with Gasteiger partial charge >= 0.3 is 0 Å². The number of methoxy groups -OCH3 is 1. The molecule has 1 N–H and O–H groups in total. The van der Waals surface area contributed by atoms with E-state index in [1.165, 1.54) is 6.07 Å². The molecule has 134 valence electrons. The van der Waals surface area contributed by atoms with Gasteiger partial charge in [0.25, 0.3) is 0 Å². The first kappa shape index (κ1) is 18.1. The third-order valence-electron chi connectivity index (χ3n) is 3.93. The molecule has 3 aromatic rings. The lowest BCUT2D eigenvalue weighted by Crippen LogP contribution is -2.03. The van der Waals surface area contributed by atoms with E-state index in [4.69, 9.17) is 21.1 Å². The van der Waals surface area contributed by atoms with Crippen molar-refractivity contribution in [2.75, 3.05) is 12.4 Å². The quantitative estimate of drug-likeness (QED) is 0.579. The van der Waals surface area contributed by atoms with Crippen LogP contribution in [0.2, 0.25) is 5.02 Å². The average molecular weight is 372 g/mol. The first-order chi connectivity index (χ1) is 12.7. The molecule has 0 aromatic heterocycles. The van der Waals surface area contributed by atoms with Crippen LogP contribution in [0.5, 0.6) is 11.5 Å². The highest BCUT2D eigenvalue weighted by Crippen LogP contribution is 2.34. The molecule has 0 bridgehead atoms. The number of benzene rings is 3. The normalized spacial score (nSPS) is 10.4. The molecule has 26 heavy (non-hydrogen) atoms. The molecule has 3 rings (SSSR count). The lowest BCUT2D eigenvalue weighted by molar-refractivity contribution is 0.279. The van der Waals surface area contributed by atoms with Crippen LogP contribution in [0.4, 0.5) is 10.1 Å². The second kappa shape index (κ2) is 8.59. The van der Waals surface area contributed by atoms with Gasteiger partial charge in [0.05, 0.1) is 7.11 Å². The lowest BCUT2D eigenvalue weighted by Gasteiger charge is -2.15. The van der Waals surface area contributed by atoms with Gasteiger partial charge in [0.1, 0.15) is 12.4 Å². The van der Waals surface area contributed by atoms with Gasteiger partial charge in [-0.25, -0.2) is 4.39 Å². The van der Waals surface area contributed by atoms with E-state index in [9.17, 15) is 4.39 Å². The van der Waals surface area contributed by atoms with Gasteiger partial charge in [0.2, 0.25) is 0 Å². The summed E-state index contributed by atoms with van der Waals surface area (Å²) in [4.78, 5) is 0. The third-order valence-corrected chi connectivity index (χ3v) is 4.28. The summed E-state index contributed by atoms with van der Waals surface area (Å²) in [5.74, 6) is 0.723. The van der Waals surface area contributed by atoms with Crippen molar-refractivity contribution in [3.63, 3.8) is 0 Å². The Labute approximate surface area is 157 Å². The second-order valence-corrected chi connectivity index (χ2v) is 6.10. The summed E-state index contributed by atoms with van der Waals surface area (Å²) in [6.45, 7) is 0.647. The van der Waals surface area contributed by atoms with E-state index in [1.807, 2.05) is 36.4 Å². The Morgan fingerprint density at radius 2 is 1.65 bits per heavy atom. The average Bonchev–Trinajstić information content (AvgIpc) is 2.67. The number of halogens is 2. The Bertz CT molecular complexity index is 871. The summed E-state index contributed by atoms with van der Waals surface area (Å²) >= 11 is 6.39. The van der Waals surface area contributed by atoms with Gasteiger partial charge < -0.3 is 14.8 Å². The van der Waals surface area contributed by atoms with E-state index in [2.05, 4.69) is 5.32 Å². The van der Waals surface area contributed by atoms with Crippen LogP contribution in [0, 0.1) is 5.82 Å². The molecule has 0 fully saturated rings. The minimum atomic E-state index is -0.304. The number of para-hydroxylation sites is 1. The highest BCUT2D eigenvalue weighted by atomic mass is 35.5. The standard InChI is InChI=1S/C21H19ClFNO2/c1-25-20-11-16(13-24-17-8-3-2-4-9-17)18(22)12-21(20)26-14-15-7-5-6-10-19(15)23/h2-12,24H,13-14H2,1H3. The maximum atomic E-state index is 13.7. The summed E-state index contributed by atoms with van der Waals surface area (Å²) in [6, 6.07) is 19.9. The largest absolute Gasteiger partial charge is 0.493 e. The number of rotatable bonds is 7. The SMILES string of the molecule is COc1cc(CNc2ccccc2)c(Cl)cc1OCc1ccccc1F. The maximum Gasteiger partial charge on any atom is 0.163 e. The molecule has 0 aliphatic rings. The fourth-order valence-electron chi connectivity index (χ4n) is 2.51. The molecule has 0 atom stereocenters. The monoisotopic (exact) mass is 371 g/mol. The van der Waals surface area contributed by atoms with E-state index in [0.29, 0.717) is 28.6 Å². The van der Waals surface area contributed by atoms with Crippen molar-refractivity contribution in [3.05, 3.63) is 88.7 Å². The zero-order valence-corrected chi connectivity index (χ0v) is 15.1. The number of nitrogens with one attached hydrogen (secondary N) is 1. The summed E-state index contributed by atoms with van der Waals surface area (Å²) in [5.41, 5.74) is 2.36. The number of hydrogen-bond acceptors (Lipinski definition) is 3. The highest BCUT2D eigenvalue weighted by Gasteiger charge is 2.12. The van der Waals surface area contributed by atoms with Crippen LogP contribution in [-0.4, -0.2) is 7.11 Å². The molecule has 0 heterocycles. The third kappa shape index (κ3) is 4.46. The summed E-state index contributed by atoms with van der Waals surface area (Å²) in [7, 11) is 1.56. The first-order valence-corrected chi connectivity index (χ1v) is 8.56. The fraction of sp³-hybridized carbons (Fsp3) is 0.143. The first-order valence-electron chi connectivity index (χ1n) is 8.19. The zero-order valence-electron chi connectivity index (χ0n) is 14.3. The molecule has 5 heteroatoms. The molecule has 0 spiro atoms. The predicted octanol–water partition coefficient (Wildman–Crippen LogP) is 5.68. The van der Waals surface area contributed by atoms with Crippen LogP contribution in [-0.2, 0) is 13.2 Å². The van der Waals surface area contributed by atoms with E-state index in [0.717, 1.165) is 11.3 Å². The molecule has 0 aliphatic heterocycles. The smallest absolute Gasteiger partial charge is 0.163 e. The van der Waals surface area contributed by atoms with Crippen LogP contribution in [0.1, 0.15) is 11.1 Å². The van der Waals surface area contributed by atoms with Crippen molar-refractivity contribution < 1.29 is 13.9 Å².